The molecule has 0 saturated carbocycles. The maximum Gasteiger partial charge on any atom is 0.320 e. The van der Waals surface area contributed by atoms with Crippen LogP contribution < -0.4 is 18.9 Å². The van der Waals surface area contributed by atoms with E-state index in [1.807, 2.05) is 48.5 Å². The van der Waals surface area contributed by atoms with E-state index in [4.69, 9.17) is 37.9 Å². The molecule has 2 aromatic carbocycles. The van der Waals surface area contributed by atoms with Crippen molar-refractivity contribution in [3.63, 3.8) is 0 Å². The Labute approximate surface area is 241 Å². The fourth-order valence-corrected chi connectivity index (χ4v) is 3.94. The molecule has 0 unspecified atom stereocenters. The number of para-hydroxylation sites is 4. The molecule has 226 valence electrons. The molecule has 0 atom stereocenters. The molecule has 0 radical (unpaired) electrons. The molecule has 1 aliphatic heterocycles. The Bertz CT molecular complexity index is 974. The zero-order valence-electron chi connectivity index (χ0n) is 23.9. The maximum atomic E-state index is 12.0. The predicted molar refractivity (Wildman–Crippen MR) is 150 cm³/mol. The largest absolute Gasteiger partial charge is 0.487 e. The Hall–Kier alpha value is -3.54. The van der Waals surface area contributed by atoms with Gasteiger partial charge < -0.3 is 37.9 Å². The average molecular weight is 576 g/mol. The van der Waals surface area contributed by atoms with Crippen LogP contribution in [0.2, 0.25) is 0 Å². The van der Waals surface area contributed by atoms with E-state index in [0.717, 1.165) is 0 Å². The second-order valence-electron chi connectivity index (χ2n) is 8.99. The van der Waals surface area contributed by atoms with Crippen LogP contribution in [0.25, 0.3) is 0 Å². The Morgan fingerprint density at radius 3 is 1.66 bits per heavy atom. The van der Waals surface area contributed by atoms with Gasteiger partial charge in [0.05, 0.1) is 39.5 Å². The van der Waals surface area contributed by atoms with Crippen molar-refractivity contribution in [2.24, 2.45) is 0 Å². The molecular formula is C30H41NO10. The van der Waals surface area contributed by atoms with E-state index in [1.165, 1.54) is 0 Å². The Balaban J connectivity index is 1.63. The lowest BCUT2D eigenvalue weighted by Crippen LogP contribution is -2.37. The topological polar surface area (TPSA) is 111 Å². The molecule has 0 spiro atoms. The summed E-state index contributed by atoms with van der Waals surface area (Å²) in [5.74, 6) is 1.60. The van der Waals surface area contributed by atoms with Crippen LogP contribution in [0, 0.1) is 0 Å². The van der Waals surface area contributed by atoms with Gasteiger partial charge in [0.2, 0.25) is 0 Å². The van der Waals surface area contributed by atoms with Crippen LogP contribution in [0.3, 0.4) is 0 Å². The summed E-state index contributed by atoms with van der Waals surface area (Å²) in [5.41, 5.74) is 0. The summed E-state index contributed by atoms with van der Waals surface area (Å²) < 4.78 is 45.8. The molecule has 0 amide bonds. The minimum Gasteiger partial charge on any atom is -0.487 e. The molecular weight excluding hydrogens is 534 g/mol. The van der Waals surface area contributed by atoms with Gasteiger partial charge in [-0.1, -0.05) is 24.3 Å². The van der Waals surface area contributed by atoms with E-state index in [1.54, 1.807) is 18.7 Å². The van der Waals surface area contributed by atoms with Gasteiger partial charge in [-0.25, -0.2) is 0 Å². The van der Waals surface area contributed by atoms with Gasteiger partial charge in [-0.3, -0.25) is 14.5 Å². The number of hydrogen-bond donors (Lipinski definition) is 0. The van der Waals surface area contributed by atoms with Crippen LogP contribution in [-0.2, 0) is 28.5 Å². The zero-order chi connectivity index (χ0) is 29.1. The summed E-state index contributed by atoms with van der Waals surface area (Å²) in [4.78, 5) is 25.8. The normalized spacial score (nSPS) is 14.8. The zero-order valence-corrected chi connectivity index (χ0v) is 23.9. The molecule has 11 heteroatoms. The number of nitrogens with zero attached hydrogens (tertiary/aromatic N) is 1. The third-order valence-electron chi connectivity index (χ3n) is 5.81. The van der Waals surface area contributed by atoms with Crippen molar-refractivity contribution in [3.05, 3.63) is 48.5 Å². The molecule has 11 nitrogen and oxygen atoms in total. The van der Waals surface area contributed by atoms with Crippen LogP contribution in [0.4, 0.5) is 0 Å². The first-order chi connectivity index (χ1) is 20.1. The SMILES string of the molecule is CCOC(=O)CN(CCCOC1COc2ccccc2OCCOCCOc2ccccc2OC1)CC(=O)OCC. The number of ether oxygens (including phenoxy) is 8. The van der Waals surface area contributed by atoms with Crippen molar-refractivity contribution < 1.29 is 47.5 Å². The smallest absolute Gasteiger partial charge is 0.320 e. The van der Waals surface area contributed by atoms with Gasteiger partial charge in [-0.05, 0) is 44.5 Å². The second kappa shape index (κ2) is 18.7. The summed E-state index contributed by atoms with van der Waals surface area (Å²) in [6.45, 7) is 6.73. The summed E-state index contributed by atoms with van der Waals surface area (Å²) in [7, 11) is 0. The Morgan fingerprint density at radius 2 is 1.20 bits per heavy atom. The van der Waals surface area contributed by atoms with Crippen LogP contribution in [0.15, 0.2) is 48.5 Å². The average Bonchev–Trinajstić information content (AvgIpc) is 2.96. The van der Waals surface area contributed by atoms with Crippen LogP contribution in [0.5, 0.6) is 23.0 Å². The fraction of sp³-hybridized carbons (Fsp3) is 0.533. The molecule has 1 aliphatic rings. The van der Waals surface area contributed by atoms with Crippen molar-refractivity contribution >= 4 is 11.9 Å². The predicted octanol–water partition coefficient (Wildman–Crippen LogP) is 3.14. The van der Waals surface area contributed by atoms with Crippen LogP contribution in [0.1, 0.15) is 20.3 Å². The van der Waals surface area contributed by atoms with Gasteiger partial charge in [-0.15, -0.1) is 0 Å². The van der Waals surface area contributed by atoms with Crippen molar-refractivity contribution in [1.82, 2.24) is 4.90 Å². The minimum absolute atomic E-state index is 0.0130. The summed E-state index contributed by atoms with van der Waals surface area (Å²) >= 11 is 0. The molecule has 0 aliphatic carbocycles. The molecule has 1 heterocycles. The number of esters is 2. The standard InChI is InChI=1S/C30H41NO10/c1-3-35-29(32)20-31(21-30(33)36-4-2)14-9-15-37-24-22-40-27-12-7-5-10-25(27)38-18-16-34-17-19-39-26-11-6-8-13-28(26)41-23-24/h5-8,10-13,24H,3-4,9,14-23H2,1-2H3. The summed E-state index contributed by atoms with van der Waals surface area (Å²) in [6, 6.07) is 14.9. The van der Waals surface area contributed by atoms with Gasteiger partial charge in [0.25, 0.3) is 0 Å². The van der Waals surface area contributed by atoms with E-state index in [9.17, 15) is 9.59 Å². The maximum absolute atomic E-state index is 12.0. The van der Waals surface area contributed by atoms with Gasteiger partial charge in [0, 0.05) is 13.2 Å². The molecule has 41 heavy (non-hydrogen) atoms. The molecule has 0 aromatic heterocycles. The summed E-state index contributed by atoms with van der Waals surface area (Å²) in [6.07, 6.45) is 0.116. The highest BCUT2D eigenvalue weighted by Crippen LogP contribution is 2.28. The number of benzene rings is 2. The highest BCUT2D eigenvalue weighted by atomic mass is 16.6. The molecule has 0 fully saturated rings. The number of rotatable bonds is 11. The van der Waals surface area contributed by atoms with Crippen molar-refractivity contribution in [3.8, 4) is 23.0 Å². The third-order valence-corrected chi connectivity index (χ3v) is 5.81. The van der Waals surface area contributed by atoms with Gasteiger partial charge >= 0.3 is 11.9 Å². The first-order valence-electron chi connectivity index (χ1n) is 14.0. The lowest BCUT2D eigenvalue weighted by atomic mass is 10.3. The van der Waals surface area contributed by atoms with E-state index in [-0.39, 0.29) is 39.5 Å². The van der Waals surface area contributed by atoms with Crippen LogP contribution >= 0.6 is 0 Å². The number of carbonyl (C=O) groups is 2. The first-order valence-corrected chi connectivity index (χ1v) is 14.0. The molecule has 3 rings (SSSR count). The molecule has 2 aromatic rings. The van der Waals surface area contributed by atoms with Gasteiger partial charge in [0.1, 0.15) is 32.5 Å². The molecule has 0 bridgehead atoms. The van der Waals surface area contributed by atoms with Crippen LogP contribution in [-0.4, -0.2) is 102 Å². The number of hydrogen-bond acceptors (Lipinski definition) is 11. The number of fused-ring (bicyclic) bond motifs is 2. The highest BCUT2D eigenvalue weighted by Gasteiger charge is 2.18. The van der Waals surface area contributed by atoms with Crippen molar-refractivity contribution in [1.29, 1.82) is 0 Å². The summed E-state index contributed by atoms with van der Waals surface area (Å²) in [5, 5.41) is 0. The van der Waals surface area contributed by atoms with E-state index >= 15 is 0 Å². The van der Waals surface area contributed by atoms with Gasteiger partial charge in [0.15, 0.2) is 23.0 Å². The Morgan fingerprint density at radius 1 is 0.732 bits per heavy atom. The lowest BCUT2D eigenvalue weighted by Gasteiger charge is -2.23. The number of carbonyl (C=O) groups excluding carboxylic acids is 2. The molecule has 0 N–H and O–H groups in total. The lowest BCUT2D eigenvalue weighted by molar-refractivity contribution is -0.148. The Kier molecular flexibility index (Phi) is 14.6. The fourth-order valence-electron chi connectivity index (χ4n) is 3.94. The highest BCUT2D eigenvalue weighted by molar-refractivity contribution is 5.75. The van der Waals surface area contributed by atoms with E-state index in [2.05, 4.69) is 0 Å². The third kappa shape index (κ3) is 12.2. The monoisotopic (exact) mass is 575 g/mol. The first kappa shape index (κ1) is 32.0. The van der Waals surface area contributed by atoms with E-state index in [0.29, 0.717) is 69.0 Å². The van der Waals surface area contributed by atoms with Crippen molar-refractivity contribution in [2.75, 3.05) is 79.1 Å². The minimum atomic E-state index is -0.434. The van der Waals surface area contributed by atoms with Crippen molar-refractivity contribution in [2.45, 2.75) is 26.4 Å². The molecule has 0 saturated heterocycles. The van der Waals surface area contributed by atoms with E-state index < -0.39 is 18.0 Å². The second-order valence-corrected chi connectivity index (χ2v) is 8.99. The quantitative estimate of drug-likeness (QED) is 0.291. The van der Waals surface area contributed by atoms with Gasteiger partial charge in [-0.2, -0.15) is 0 Å².